The number of benzene rings is 1. The molecule has 0 spiro atoms. The van der Waals surface area contributed by atoms with E-state index in [9.17, 15) is 4.79 Å². The largest absolute Gasteiger partial charge is 0.461 e. The molecule has 1 N–H and O–H groups in total. The fourth-order valence-corrected chi connectivity index (χ4v) is 1.98. The molecular weight excluding hydrogens is 226 g/mol. The lowest BCUT2D eigenvalue weighted by Crippen LogP contribution is -2.04. The zero-order chi connectivity index (χ0) is 11.7. The number of hydrogen-bond acceptors (Lipinski definition) is 2. The lowest BCUT2D eigenvalue weighted by Gasteiger charge is -1.98. The van der Waals surface area contributed by atoms with Crippen molar-refractivity contribution in [3.8, 4) is 0 Å². The molecule has 0 amide bonds. The van der Waals surface area contributed by atoms with Crippen LogP contribution in [-0.2, 0) is 4.74 Å². The highest BCUT2D eigenvalue weighted by Crippen LogP contribution is 2.24. The summed E-state index contributed by atoms with van der Waals surface area (Å²) in [5.74, 6) is -0.339. The van der Waals surface area contributed by atoms with Gasteiger partial charge in [0, 0.05) is 15.9 Å². The third-order valence-corrected chi connectivity index (χ3v) is 2.60. The first-order chi connectivity index (χ1) is 7.61. The summed E-state index contributed by atoms with van der Waals surface area (Å²) in [7, 11) is 0. The summed E-state index contributed by atoms with van der Waals surface area (Å²) in [6, 6.07) is 5.44. The van der Waals surface area contributed by atoms with Crippen molar-refractivity contribution in [1.82, 2.24) is 4.98 Å². The molecule has 0 bridgehead atoms. The lowest BCUT2D eigenvalue weighted by atomic mass is 10.2. The van der Waals surface area contributed by atoms with Crippen LogP contribution in [0.25, 0.3) is 10.9 Å². The van der Waals surface area contributed by atoms with Crippen molar-refractivity contribution in [3.63, 3.8) is 0 Å². The fourth-order valence-electron chi connectivity index (χ4n) is 1.70. The van der Waals surface area contributed by atoms with Crippen molar-refractivity contribution in [2.75, 3.05) is 6.61 Å². The molecule has 0 unspecified atom stereocenters. The highest BCUT2D eigenvalue weighted by Gasteiger charge is 2.11. The van der Waals surface area contributed by atoms with Crippen molar-refractivity contribution in [1.29, 1.82) is 0 Å². The molecule has 0 atom stereocenters. The Bertz CT molecular complexity index is 545. The van der Waals surface area contributed by atoms with E-state index in [2.05, 4.69) is 4.98 Å². The number of carbonyl (C=O) groups is 1. The normalized spacial score (nSPS) is 10.7. The standard InChI is InChI=1S/C12H12ClNO2/c1-3-16-12(15)10-6-8-5-9(13)4-7(2)11(8)14-10/h4-6,14H,3H2,1-2H3. The average Bonchev–Trinajstić information content (AvgIpc) is 2.62. The Kier molecular flexibility index (Phi) is 2.88. The molecule has 0 aliphatic carbocycles. The number of aromatic nitrogens is 1. The number of H-pyrrole nitrogens is 1. The van der Waals surface area contributed by atoms with Gasteiger partial charge in [-0.1, -0.05) is 11.6 Å². The van der Waals surface area contributed by atoms with Crippen LogP contribution in [0.3, 0.4) is 0 Å². The van der Waals surface area contributed by atoms with Gasteiger partial charge in [0.2, 0.25) is 0 Å². The summed E-state index contributed by atoms with van der Waals surface area (Å²) in [5, 5.41) is 1.59. The summed E-state index contributed by atoms with van der Waals surface area (Å²) in [5.41, 5.74) is 2.40. The lowest BCUT2D eigenvalue weighted by molar-refractivity contribution is 0.0520. The van der Waals surface area contributed by atoms with E-state index >= 15 is 0 Å². The number of ether oxygens (including phenoxy) is 1. The highest BCUT2D eigenvalue weighted by molar-refractivity contribution is 6.31. The monoisotopic (exact) mass is 237 g/mol. The summed E-state index contributed by atoms with van der Waals surface area (Å²) in [4.78, 5) is 14.6. The summed E-state index contributed by atoms with van der Waals surface area (Å²) in [6.07, 6.45) is 0. The maximum atomic E-state index is 11.5. The number of nitrogens with one attached hydrogen (secondary N) is 1. The van der Waals surface area contributed by atoms with Crippen LogP contribution in [0.15, 0.2) is 18.2 Å². The molecule has 0 saturated carbocycles. The minimum atomic E-state index is -0.339. The van der Waals surface area contributed by atoms with Crippen molar-refractivity contribution in [2.24, 2.45) is 0 Å². The van der Waals surface area contributed by atoms with E-state index in [1.807, 2.05) is 19.1 Å². The number of fused-ring (bicyclic) bond motifs is 1. The van der Waals surface area contributed by atoms with Gasteiger partial charge in [0.15, 0.2) is 0 Å². The zero-order valence-electron chi connectivity index (χ0n) is 9.13. The summed E-state index contributed by atoms with van der Waals surface area (Å²) in [6.45, 7) is 4.09. The number of aromatic amines is 1. The maximum absolute atomic E-state index is 11.5. The van der Waals surface area contributed by atoms with E-state index in [1.54, 1.807) is 13.0 Å². The molecule has 2 rings (SSSR count). The van der Waals surface area contributed by atoms with Gasteiger partial charge in [-0.2, -0.15) is 0 Å². The Balaban J connectivity index is 2.51. The number of rotatable bonds is 2. The molecule has 1 aromatic heterocycles. The number of carbonyl (C=O) groups excluding carboxylic acids is 1. The molecule has 1 heterocycles. The minimum Gasteiger partial charge on any atom is -0.461 e. The third kappa shape index (κ3) is 1.91. The molecule has 3 nitrogen and oxygen atoms in total. The average molecular weight is 238 g/mol. The number of esters is 1. The van der Waals surface area contributed by atoms with Crippen LogP contribution in [0, 0.1) is 6.92 Å². The molecule has 0 saturated heterocycles. The molecular formula is C12H12ClNO2. The van der Waals surface area contributed by atoms with Gasteiger partial charge in [-0.25, -0.2) is 4.79 Å². The van der Waals surface area contributed by atoms with E-state index in [-0.39, 0.29) is 5.97 Å². The van der Waals surface area contributed by atoms with Gasteiger partial charge in [0.1, 0.15) is 5.69 Å². The maximum Gasteiger partial charge on any atom is 0.354 e. The topological polar surface area (TPSA) is 42.1 Å². The fraction of sp³-hybridized carbons (Fsp3) is 0.250. The third-order valence-electron chi connectivity index (χ3n) is 2.39. The predicted molar refractivity (Wildman–Crippen MR) is 64.0 cm³/mol. The number of hydrogen-bond donors (Lipinski definition) is 1. The quantitative estimate of drug-likeness (QED) is 0.815. The smallest absolute Gasteiger partial charge is 0.354 e. The van der Waals surface area contributed by atoms with Gasteiger partial charge in [-0.15, -0.1) is 0 Å². The van der Waals surface area contributed by atoms with Crippen molar-refractivity contribution in [2.45, 2.75) is 13.8 Å². The SMILES string of the molecule is CCOC(=O)c1cc2cc(Cl)cc(C)c2[nH]1. The molecule has 0 aliphatic heterocycles. The van der Waals surface area contributed by atoms with E-state index in [1.165, 1.54) is 0 Å². The summed E-state index contributed by atoms with van der Waals surface area (Å²) < 4.78 is 4.92. The van der Waals surface area contributed by atoms with E-state index in [0.717, 1.165) is 16.5 Å². The van der Waals surface area contributed by atoms with Gasteiger partial charge >= 0.3 is 5.97 Å². The second-order valence-corrected chi connectivity index (χ2v) is 4.03. The zero-order valence-corrected chi connectivity index (χ0v) is 9.89. The Labute approximate surface area is 98.4 Å². The van der Waals surface area contributed by atoms with Crippen LogP contribution in [0.4, 0.5) is 0 Å². The van der Waals surface area contributed by atoms with Gasteiger partial charge in [-0.05, 0) is 37.6 Å². The van der Waals surface area contributed by atoms with Gasteiger partial charge in [0.05, 0.1) is 6.61 Å². The Morgan fingerprint density at radius 2 is 2.19 bits per heavy atom. The Morgan fingerprint density at radius 3 is 2.88 bits per heavy atom. The number of aryl methyl sites for hydroxylation is 1. The van der Waals surface area contributed by atoms with Crippen LogP contribution in [0.5, 0.6) is 0 Å². The van der Waals surface area contributed by atoms with Crippen LogP contribution >= 0.6 is 11.6 Å². The molecule has 4 heteroatoms. The first kappa shape index (κ1) is 11.0. The molecule has 0 aliphatic rings. The van der Waals surface area contributed by atoms with Crippen LogP contribution in [0.1, 0.15) is 23.0 Å². The van der Waals surface area contributed by atoms with Gasteiger partial charge in [0.25, 0.3) is 0 Å². The van der Waals surface area contributed by atoms with Crippen molar-refractivity contribution in [3.05, 3.63) is 34.5 Å². The minimum absolute atomic E-state index is 0.339. The van der Waals surface area contributed by atoms with Gasteiger partial charge in [-0.3, -0.25) is 0 Å². The summed E-state index contributed by atoms with van der Waals surface area (Å²) >= 11 is 5.94. The van der Waals surface area contributed by atoms with Crippen LogP contribution in [-0.4, -0.2) is 17.6 Å². The van der Waals surface area contributed by atoms with E-state index in [0.29, 0.717) is 17.3 Å². The van der Waals surface area contributed by atoms with Gasteiger partial charge < -0.3 is 9.72 Å². The molecule has 2 aromatic rings. The second kappa shape index (κ2) is 4.18. The Hall–Kier alpha value is -1.48. The van der Waals surface area contributed by atoms with Crippen LogP contribution in [0.2, 0.25) is 5.02 Å². The Morgan fingerprint density at radius 1 is 1.44 bits per heavy atom. The molecule has 84 valence electrons. The van der Waals surface area contributed by atoms with E-state index < -0.39 is 0 Å². The first-order valence-corrected chi connectivity index (χ1v) is 5.45. The van der Waals surface area contributed by atoms with E-state index in [4.69, 9.17) is 16.3 Å². The number of halogens is 1. The molecule has 0 fully saturated rings. The van der Waals surface area contributed by atoms with Crippen molar-refractivity contribution < 1.29 is 9.53 Å². The molecule has 16 heavy (non-hydrogen) atoms. The molecule has 0 radical (unpaired) electrons. The van der Waals surface area contributed by atoms with Crippen molar-refractivity contribution >= 4 is 28.5 Å². The molecule has 1 aromatic carbocycles. The first-order valence-electron chi connectivity index (χ1n) is 5.08. The van der Waals surface area contributed by atoms with Crippen LogP contribution < -0.4 is 0 Å². The second-order valence-electron chi connectivity index (χ2n) is 3.59. The highest BCUT2D eigenvalue weighted by atomic mass is 35.5. The predicted octanol–water partition coefficient (Wildman–Crippen LogP) is 3.31.